The largest absolute Gasteiger partial charge is 0.309 e. The molecule has 1 N–H and O–H groups in total. The second-order valence-electron chi connectivity index (χ2n) is 4.25. The molecule has 98 valence electrons. The van der Waals surface area contributed by atoms with Crippen molar-refractivity contribution in [1.29, 1.82) is 0 Å². The number of nitrogens with zero attached hydrogens (tertiary/aromatic N) is 1. The maximum atomic E-state index is 4.69. The van der Waals surface area contributed by atoms with E-state index in [-0.39, 0.29) is 0 Å². The number of rotatable bonds is 5. The Morgan fingerprint density at radius 1 is 1.39 bits per heavy atom. The average Bonchev–Trinajstić information content (AvgIpc) is 2.92. The lowest BCUT2D eigenvalue weighted by Crippen LogP contribution is -2.18. The van der Waals surface area contributed by atoms with Gasteiger partial charge in [-0.1, -0.05) is 6.92 Å². The lowest BCUT2D eigenvalue weighted by Gasteiger charge is -2.11. The Kier molecular flexibility index (Phi) is 4.95. The summed E-state index contributed by atoms with van der Waals surface area (Å²) in [5, 5.41) is 4.65. The zero-order valence-electron chi connectivity index (χ0n) is 10.8. The van der Waals surface area contributed by atoms with E-state index in [4.69, 9.17) is 4.98 Å². The van der Waals surface area contributed by atoms with Crippen molar-refractivity contribution in [2.45, 2.75) is 33.2 Å². The van der Waals surface area contributed by atoms with Crippen molar-refractivity contribution in [2.75, 3.05) is 6.54 Å². The fourth-order valence-corrected chi connectivity index (χ4v) is 4.33. The highest BCUT2D eigenvalue weighted by molar-refractivity contribution is 9.11. The molecule has 2 aromatic rings. The van der Waals surface area contributed by atoms with Gasteiger partial charge in [-0.15, -0.1) is 22.7 Å². The molecule has 1 atom stereocenters. The number of thiazole rings is 1. The highest BCUT2D eigenvalue weighted by atomic mass is 79.9. The number of aromatic nitrogens is 1. The van der Waals surface area contributed by atoms with E-state index in [1.165, 1.54) is 9.75 Å². The summed E-state index contributed by atoms with van der Waals surface area (Å²) in [6.45, 7) is 7.55. The number of halogens is 1. The number of hydrogen-bond acceptors (Lipinski definition) is 4. The third kappa shape index (κ3) is 3.20. The van der Waals surface area contributed by atoms with Crippen LogP contribution in [0, 0.1) is 6.92 Å². The van der Waals surface area contributed by atoms with Gasteiger partial charge in [-0.25, -0.2) is 4.98 Å². The van der Waals surface area contributed by atoms with E-state index in [0.29, 0.717) is 6.04 Å². The molecule has 0 saturated heterocycles. The lowest BCUT2D eigenvalue weighted by atomic mass is 10.2. The SMILES string of the molecule is CCCNC(C)c1sc(-c2ccc(Br)s2)nc1C. The predicted molar refractivity (Wildman–Crippen MR) is 84.6 cm³/mol. The first-order chi connectivity index (χ1) is 8.61. The molecule has 0 amide bonds. The van der Waals surface area contributed by atoms with Crippen LogP contribution in [-0.2, 0) is 0 Å². The second-order valence-corrected chi connectivity index (χ2v) is 7.74. The minimum Gasteiger partial charge on any atom is -0.309 e. The number of aryl methyl sites for hydroxylation is 1. The Labute approximate surface area is 125 Å². The highest BCUT2D eigenvalue weighted by Gasteiger charge is 2.15. The lowest BCUT2D eigenvalue weighted by molar-refractivity contribution is 0.575. The van der Waals surface area contributed by atoms with Gasteiger partial charge in [0.25, 0.3) is 0 Å². The molecular formula is C13H17BrN2S2. The monoisotopic (exact) mass is 344 g/mol. The Morgan fingerprint density at radius 3 is 2.78 bits per heavy atom. The van der Waals surface area contributed by atoms with E-state index < -0.39 is 0 Å². The molecule has 2 rings (SSSR count). The van der Waals surface area contributed by atoms with E-state index in [1.807, 2.05) is 0 Å². The maximum Gasteiger partial charge on any atom is 0.133 e. The third-order valence-electron chi connectivity index (χ3n) is 2.71. The van der Waals surface area contributed by atoms with Crippen molar-refractivity contribution in [3.63, 3.8) is 0 Å². The van der Waals surface area contributed by atoms with E-state index in [2.05, 4.69) is 54.2 Å². The normalized spacial score (nSPS) is 12.9. The molecule has 0 aromatic carbocycles. The van der Waals surface area contributed by atoms with Gasteiger partial charge in [-0.2, -0.15) is 0 Å². The smallest absolute Gasteiger partial charge is 0.133 e. The van der Waals surface area contributed by atoms with Crippen molar-refractivity contribution >= 4 is 38.6 Å². The summed E-state index contributed by atoms with van der Waals surface area (Å²) >= 11 is 7.04. The number of nitrogens with one attached hydrogen (secondary N) is 1. The molecule has 1 unspecified atom stereocenters. The first-order valence-electron chi connectivity index (χ1n) is 6.08. The fraction of sp³-hybridized carbons (Fsp3) is 0.462. The van der Waals surface area contributed by atoms with Crippen molar-refractivity contribution in [3.05, 3.63) is 26.5 Å². The highest BCUT2D eigenvalue weighted by Crippen LogP contribution is 2.36. The molecule has 0 aliphatic rings. The van der Waals surface area contributed by atoms with Gasteiger partial charge in [-0.3, -0.25) is 0 Å². The van der Waals surface area contributed by atoms with E-state index in [9.17, 15) is 0 Å². The summed E-state index contributed by atoms with van der Waals surface area (Å²) in [6.07, 6.45) is 1.16. The first kappa shape index (κ1) is 14.2. The molecule has 2 aromatic heterocycles. The molecule has 0 radical (unpaired) electrons. The maximum absolute atomic E-state index is 4.69. The van der Waals surface area contributed by atoms with Crippen LogP contribution in [0.15, 0.2) is 15.9 Å². The van der Waals surface area contributed by atoms with Gasteiger partial charge >= 0.3 is 0 Å². The van der Waals surface area contributed by atoms with Crippen LogP contribution in [0.2, 0.25) is 0 Å². The number of thiophene rings is 1. The molecule has 0 spiro atoms. The van der Waals surface area contributed by atoms with E-state index in [1.54, 1.807) is 22.7 Å². The van der Waals surface area contributed by atoms with Crippen LogP contribution in [0.5, 0.6) is 0 Å². The molecule has 0 bridgehead atoms. The Balaban J connectivity index is 2.21. The van der Waals surface area contributed by atoms with Gasteiger partial charge in [-0.05, 0) is 54.9 Å². The van der Waals surface area contributed by atoms with Gasteiger partial charge < -0.3 is 5.32 Å². The third-order valence-corrected chi connectivity index (χ3v) is 5.84. The summed E-state index contributed by atoms with van der Waals surface area (Å²) in [6, 6.07) is 4.59. The molecular weight excluding hydrogens is 328 g/mol. The molecule has 2 heterocycles. The van der Waals surface area contributed by atoms with Crippen molar-refractivity contribution < 1.29 is 0 Å². The van der Waals surface area contributed by atoms with Crippen molar-refractivity contribution in [2.24, 2.45) is 0 Å². The molecule has 0 aliphatic carbocycles. The van der Waals surface area contributed by atoms with Crippen molar-refractivity contribution in [3.8, 4) is 9.88 Å². The minimum atomic E-state index is 0.389. The topological polar surface area (TPSA) is 24.9 Å². The van der Waals surface area contributed by atoms with Crippen LogP contribution in [0.1, 0.15) is 36.9 Å². The summed E-state index contributed by atoms with van der Waals surface area (Å²) in [7, 11) is 0. The number of hydrogen-bond donors (Lipinski definition) is 1. The van der Waals surface area contributed by atoms with Crippen LogP contribution < -0.4 is 5.32 Å². The van der Waals surface area contributed by atoms with Crippen LogP contribution in [-0.4, -0.2) is 11.5 Å². The average molecular weight is 345 g/mol. The van der Waals surface area contributed by atoms with E-state index >= 15 is 0 Å². The van der Waals surface area contributed by atoms with Crippen molar-refractivity contribution in [1.82, 2.24) is 10.3 Å². The van der Waals surface area contributed by atoms with Gasteiger partial charge in [0.15, 0.2) is 0 Å². The summed E-state index contributed by atoms with van der Waals surface area (Å²) in [5.74, 6) is 0. The van der Waals surface area contributed by atoms with Crippen LogP contribution in [0.4, 0.5) is 0 Å². The predicted octanol–water partition coefficient (Wildman–Crippen LogP) is 5.00. The molecule has 0 saturated carbocycles. The standard InChI is InChI=1S/C13H17BrN2S2/c1-4-7-15-8(2)12-9(3)16-13(18-12)10-5-6-11(14)17-10/h5-6,8,15H,4,7H2,1-3H3. The quantitative estimate of drug-likeness (QED) is 0.825. The zero-order chi connectivity index (χ0) is 13.1. The fourth-order valence-electron chi connectivity index (χ4n) is 1.80. The molecule has 18 heavy (non-hydrogen) atoms. The Bertz CT molecular complexity index is 519. The molecule has 0 aliphatic heterocycles. The Morgan fingerprint density at radius 2 is 2.17 bits per heavy atom. The van der Waals surface area contributed by atoms with Gasteiger partial charge in [0.1, 0.15) is 5.01 Å². The Hall–Kier alpha value is -0.230. The zero-order valence-corrected chi connectivity index (χ0v) is 14.0. The first-order valence-corrected chi connectivity index (χ1v) is 8.50. The molecule has 2 nitrogen and oxygen atoms in total. The van der Waals surface area contributed by atoms with Crippen LogP contribution in [0.3, 0.4) is 0 Å². The van der Waals surface area contributed by atoms with Gasteiger partial charge in [0.2, 0.25) is 0 Å². The summed E-state index contributed by atoms with van der Waals surface area (Å²) in [4.78, 5) is 7.28. The summed E-state index contributed by atoms with van der Waals surface area (Å²) < 4.78 is 1.16. The van der Waals surface area contributed by atoms with Gasteiger partial charge in [0.05, 0.1) is 14.4 Å². The second kappa shape index (κ2) is 6.28. The summed E-state index contributed by atoms with van der Waals surface area (Å²) in [5.41, 5.74) is 1.15. The van der Waals surface area contributed by atoms with Gasteiger partial charge in [0, 0.05) is 10.9 Å². The van der Waals surface area contributed by atoms with Crippen LogP contribution >= 0.6 is 38.6 Å². The minimum absolute atomic E-state index is 0.389. The van der Waals surface area contributed by atoms with Crippen LogP contribution in [0.25, 0.3) is 9.88 Å². The van der Waals surface area contributed by atoms with E-state index in [0.717, 1.165) is 27.5 Å². The molecule has 0 fully saturated rings. The molecule has 5 heteroatoms.